The number of ether oxygens (including phenoxy) is 1. The maximum absolute atomic E-state index is 13.9. The van der Waals surface area contributed by atoms with Gasteiger partial charge in [0, 0.05) is 23.1 Å². The molecule has 1 amide bonds. The first-order valence-corrected chi connectivity index (χ1v) is 13.4. The zero-order chi connectivity index (χ0) is 28.5. The monoisotopic (exact) mass is 541 g/mol. The lowest BCUT2D eigenvalue weighted by atomic mass is 9.52. The number of aromatic hydroxyl groups is 1. The van der Waals surface area contributed by atoms with Gasteiger partial charge in [-0.05, 0) is 71.8 Å². The second kappa shape index (κ2) is 9.50. The van der Waals surface area contributed by atoms with Crippen LogP contribution in [-0.2, 0) is 25.6 Å². The van der Waals surface area contributed by atoms with E-state index in [2.05, 4.69) is 4.90 Å². The topological polar surface area (TPSA) is 168 Å². The van der Waals surface area contributed by atoms with Crippen molar-refractivity contribution in [2.45, 2.75) is 50.3 Å². The van der Waals surface area contributed by atoms with Crippen molar-refractivity contribution in [1.82, 2.24) is 9.80 Å². The number of carbonyl (C=O) groups excluding carboxylic acids is 5. The van der Waals surface area contributed by atoms with Gasteiger partial charge in [0.25, 0.3) is 0 Å². The van der Waals surface area contributed by atoms with Gasteiger partial charge in [-0.1, -0.05) is 0 Å². The van der Waals surface area contributed by atoms with Crippen molar-refractivity contribution in [2.24, 2.45) is 29.4 Å². The van der Waals surface area contributed by atoms with Crippen LogP contribution in [0.1, 0.15) is 53.7 Å². The lowest BCUT2D eigenvalue weighted by Gasteiger charge is -2.52. The Morgan fingerprint density at radius 3 is 2.38 bits per heavy atom. The third kappa shape index (κ3) is 3.77. The Bertz CT molecular complexity index is 1290. The summed E-state index contributed by atoms with van der Waals surface area (Å²) in [4.78, 5) is 70.2. The number of likely N-dealkylation sites (N-methyl/N-ethyl adjacent to an activating group) is 1. The number of amides is 1. The Hall–Kier alpha value is -3.15. The molecule has 39 heavy (non-hydrogen) atoms. The van der Waals surface area contributed by atoms with E-state index in [1.807, 2.05) is 6.92 Å². The van der Waals surface area contributed by atoms with Crippen LogP contribution in [0.15, 0.2) is 6.07 Å². The van der Waals surface area contributed by atoms with Crippen molar-refractivity contribution >= 4 is 29.0 Å². The zero-order valence-corrected chi connectivity index (χ0v) is 22.6. The lowest BCUT2D eigenvalue weighted by Crippen LogP contribution is -2.74. The highest BCUT2D eigenvalue weighted by Gasteiger charge is 2.69. The third-order valence-electron chi connectivity index (χ3n) is 9.38. The molecular formula is C28H35N3O8. The quantitative estimate of drug-likeness (QED) is 0.433. The number of nitrogens with zero attached hydrogens (tertiary/aromatic N) is 2. The van der Waals surface area contributed by atoms with Crippen molar-refractivity contribution in [3.8, 4) is 11.5 Å². The van der Waals surface area contributed by atoms with Crippen LogP contribution in [0.25, 0.3) is 0 Å². The van der Waals surface area contributed by atoms with Crippen molar-refractivity contribution in [2.75, 3.05) is 34.3 Å². The minimum atomic E-state index is -2.74. The molecule has 4 N–H and O–H groups in total. The van der Waals surface area contributed by atoms with Gasteiger partial charge in [0.15, 0.2) is 34.7 Å². The summed E-state index contributed by atoms with van der Waals surface area (Å²) in [7, 11) is 4.61. The number of benzene rings is 1. The van der Waals surface area contributed by atoms with Crippen LogP contribution in [-0.4, -0.2) is 95.0 Å². The molecule has 0 aromatic heterocycles. The molecular weight excluding hydrogens is 506 g/mol. The molecule has 1 heterocycles. The molecule has 0 bridgehead atoms. The van der Waals surface area contributed by atoms with Crippen LogP contribution in [0.3, 0.4) is 0 Å². The number of hydrogen-bond acceptors (Lipinski definition) is 10. The molecule has 3 fully saturated rings. The standard InChI is InChI=1S/C28H35N3O8/c1-12(31-7-5-6-8-31)14-11-17(32)19-15(24(14)39-4)9-13-10-16-21(30(2)3)23(34)20(27(29)37)26(36)28(16,38)25(35)18(13)22(19)33/h11-13,16,18,20-21,32,38H,5-10H2,1-4H3,(H2,29,37)/t12-,13-,16-,18?,20?,21-,28-/m0/s1. The number of phenols is 1. The Labute approximate surface area is 226 Å². The summed E-state index contributed by atoms with van der Waals surface area (Å²) in [6, 6.07) is 0.282. The first kappa shape index (κ1) is 27.4. The van der Waals surface area contributed by atoms with Crippen LogP contribution in [0.5, 0.6) is 11.5 Å². The summed E-state index contributed by atoms with van der Waals surface area (Å²) in [5.41, 5.74) is 3.78. The number of methoxy groups -OCH3 is 1. The van der Waals surface area contributed by atoms with Crippen molar-refractivity contribution < 1.29 is 38.9 Å². The number of primary amides is 1. The second-order valence-corrected chi connectivity index (χ2v) is 11.6. The van der Waals surface area contributed by atoms with Gasteiger partial charge in [-0.2, -0.15) is 0 Å². The van der Waals surface area contributed by atoms with E-state index >= 15 is 0 Å². The summed E-state index contributed by atoms with van der Waals surface area (Å²) in [5.74, 6) is -10.1. The number of rotatable bonds is 5. The Kier molecular flexibility index (Phi) is 6.68. The van der Waals surface area contributed by atoms with Crippen LogP contribution in [0.4, 0.5) is 0 Å². The molecule has 2 unspecified atom stereocenters. The fourth-order valence-corrected chi connectivity index (χ4v) is 7.56. The Morgan fingerprint density at radius 1 is 1.18 bits per heavy atom. The number of hydrogen-bond donors (Lipinski definition) is 3. The largest absolute Gasteiger partial charge is 0.507 e. The van der Waals surface area contributed by atoms with Gasteiger partial charge in [0.1, 0.15) is 11.5 Å². The first-order chi connectivity index (χ1) is 18.4. The van der Waals surface area contributed by atoms with E-state index in [0.717, 1.165) is 31.5 Å². The molecule has 0 spiro atoms. The molecule has 7 atom stereocenters. The number of carbonyl (C=O) groups is 5. The molecule has 2 saturated carbocycles. The maximum Gasteiger partial charge on any atom is 0.235 e. The average Bonchev–Trinajstić information content (AvgIpc) is 3.40. The minimum absolute atomic E-state index is 0.000280. The molecule has 11 nitrogen and oxygen atoms in total. The summed E-state index contributed by atoms with van der Waals surface area (Å²) in [5, 5.41) is 22.7. The van der Waals surface area contributed by atoms with Gasteiger partial charge in [-0.25, -0.2) is 0 Å². The summed E-state index contributed by atoms with van der Waals surface area (Å²) in [6.07, 6.45) is 2.31. The van der Waals surface area contributed by atoms with Gasteiger partial charge < -0.3 is 20.7 Å². The predicted molar refractivity (Wildman–Crippen MR) is 137 cm³/mol. The molecule has 210 valence electrons. The Morgan fingerprint density at radius 2 is 1.82 bits per heavy atom. The van der Waals surface area contributed by atoms with Crippen LogP contribution >= 0.6 is 0 Å². The van der Waals surface area contributed by atoms with E-state index in [-0.39, 0.29) is 30.2 Å². The fraction of sp³-hybridized carbons (Fsp3) is 0.607. The van der Waals surface area contributed by atoms with Crippen molar-refractivity contribution in [1.29, 1.82) is 0 Å². The zero-order valence-electron chi connectivity index (χ0n) is 22.6. The third-order valence-corrected chi connectivity index (χ3v) is 9.38. The number of nitrogens with two attached hydrogens (primary N) is 1. The fourth-order valence-electron chi connectivity index (χ4n) is 7.56. The highest BCUT2D eigenvalue weighted by atomic mass is 16.5. The second-order valence-electron chi connectivity index (χ2n) is 11.6. The van der Waals surface area contributed by atoms with E-state index in [0.29, 0.717) is 11.3 Å². The van der Waals surface area contributed by atoms with E-state index in [4.69, 9.17) is 10.5 Å². The Balaban J connectivity index is 1.62. The van der Waals surface area contributed by atoms with Gasteiger partial charge in [0.2, 0.25) is 5.91 Å². The van der Waals surface area contributed by atoms with Gasteiger partial charge in [-0.15, -0.1) is 0 Å². The molecule has 1 aliphatic heterocycles. The van der Waals surface area contributed by atoms with Crippen LogP contribution < -0.4 is 10.5 Å². The summed E-state index contributed by atoms with van der Waals surface area (Å²) in [6.45, 7) is 3.82. The average molecular weight is 542 g/mol. The maximum atomic E-state index is 13.9. The van der Waals surface area contributed by atoms with E-state index < -0.39 is 64.4 Å². The highest BCUT2D eigenvalue weighted by molar-refractivity contribution is 6.32. The molecule has 1 aromatic rings. The van der Waals surface area contributed by atoms with E-state index in [9.17, 15) is 34.2 Å². The summed E-state index contributed by atoms with van der Waals surface area (Å²) < 4.78 is 5.80. The number of phenolic OH excluding ortho intramolecular Hbond substituents is 1. The van der Waals surface area contributed by atoms with Gasteiger partial charge in [0.05, 0.1) is 24.6 Å². The predicted octanol–water partition coefficient (Wildman–Crippen LogP) is 0.0324. The molecule has 0 radical (unpaired) electrons. The SMILES string of the molecule is COc1c([C@H](C)N2CCCC2)cc(O)c2c1C[C@H]1C[C@H]3[C@H](N(C)C)C(=O)C(C(N)=O)C(=O)[C@@]3(O)C(=O)C1C2=O. The normalized spacial score (nSPS) is 33.5. The first-order valence-electron chi connectivity index (χ1n) is 13.4. The number of aliphatic hydroxyl groups is 1. The van der Waals surface area contributed by atoms with E-state index in [1.165, 1.54) is 18.1 Å². The number of likely N-dealkylation sites (tertiary alicyclic amines) is 1. The number of fused-ring (bicyclic) bond motifs is 3. The smallest absolute Gasteiger partial charge is 0.235 e. The van der Waals surface area contributed by atoms with Gasteiger partial charge in [-0.3, -0.25) is 33.8 Å². The minimum Gasteiger partial charge on any atom is -0.507 e. The van der Waals surface area contributed by atoms with E-state index in [1.54, 1.807) is 14.1 Å². The number of Topliss-reactive ketones (excluding diaryl/α,β-unsaturated/α-hetero) is 4. The van der Waals surface area contributed by atoms with Crippen molar-refractivity contribution in [3.63, 3.8) is 0 Å². The molecule has 1 saturated heterocycles. The van der Waals surface area contributed by atoms with Crippen molar-refractivity contribution in [3.05, 3.63) is 22.8 Å². The molecule has 11 heteroatoms. The highest BCUT2D eigenvalue weighted by Crippen LogP contribution is 2.53. The van der Waals surface area contributed by atoms with Crippen LogP contribution in [0, 0.1) is 23.7 Å². The molecule has 5 rings (SSSR count). The van der Waals surface area contributed by atoms with Gasteiger partial charge >= 0.3 is 0 Å². The molecule has 1 aromatic carbocycles. The number of ketones is 4. The lowest BCUT2D eigenvalue weighted by molar-refractivity contribution is -0.181. The molecule has 3 aliphatic carbocycles. The molecule has 4 aliphatic rings. The summed E-state index contributed by atoms with van der Waals surface area (Å²) >= 11 is 0. The van der Waals surface area contributed by atoms with Crippen LogP contribution in [0.2, 0.25) is 0 Å².